The SMILES string of the molecule is O=C(Nc1ccc(-n2cncn2)cc1)c1cccc(N2CCCC2=O)c1. The fraction of sp³-hybridized carbons (Fsp3) is 0.158. The number of benzene rings is 2. The lowest BCUT2D eigenvalue weighted by Crippen LogP contribution is -2.24. The Morgan fingerprint density at radius 2 is 1.92 bits per heavy atom. The predicted octanol–water partition coefficient (Wildman–Crippen LogP) is 2.65. The number of nitrogens with zero attached hydrogens (tertiary/aromatic N) is 4. The average molecular weight is 347 g/mol. The normalized spacial score (nSPS) is 13.8. The van der Waals surface area contributed by atoms with Gasteiger partial charge in [0.25, 0.3) is 5.91 Å². The van der Waals surface area contributed by atoms with E-state index in [9.17, 15) is 9.59 Å². The van der Waals surface area contributed by atoms with Gasteiger partial charge in [-0.1, -0.05) is 6.07 Å². The van der Waals surface area contributed by atoms with Crippen LogP contribution in [-0.4, -0.2) is 33.1 Å². The maximum absolute atomic E-state index is 12.5. The monoisotopic (exact) mass is 347 g/mol. The van der Waals surface area contributed by atoms with Gasteiger partial charge in [-0.3, -0.25) is 9.59 Å². The molecule has 1 aromatic heterocycles. The first-order valence-electron chi connectivity index (χ1n) is 8.37. The van der Waals surface area contributed by atoms with E-state index in [-0.39, 0.29) is 11.8 Å². The summed E-state index contributed by atoms with van der Waals surface area (Å²) in [5.74, 6) is -0.113. The molecule has 130 valence electrons. The van der Waals surface area contributed by atoms with E-state index in [1.807, 2.05) is 30.3 Å². The highest BCUT2D eigenvalue weighted by Gasteiger charge is 2.22. The molecule has 1 aliphatic rings. The van der Waals surface area contributed by atoms with Gasteiger partial charge in [0.05, 0.1) is 5.69 Å². The Labute approximate surface area is 150 Å². The molecule has 4 rings (SSSR count). The van der Waals surface area contributed by atoms with Crippen molar-refractivity contribution in [2.75, 3.05) is 16.8 Å². The van der Waals surface area contributed by atoms with E-state index >= 15 is 0 Å². The van der Waals surface area contributed by atoms with Gasteiger partial charge in [-0.15, -0.1) is 0 Å². The Kier molecular flexibility index (Phi) is 4.18. The highest BCUT2D eigenvalue weighted by atomic mass is 16.2. The second-order valence-corrected chi connectivity index (χ2v) is 6.04. The molecule has 2 amide bonds. The zero-order valence-electron chi connectivity index (χ0n) is 14.0. The van der Waals surface area contributed by atoms with Crippen molar-refractivity contribution in [2.45, 2.75) is 12.8 Å². The Bertz CT molecular complexity index is 935. The van der Waals surface area contributed by atoms with Crippen LogP contribution in [0.4, 0.5) is 11.4 Å². The van der Waals surface area contributed by atoms with E-state index in [0.29, 0.717) is 24.2 Å². The van der Waals surface area contributed by atoms with Gasteiger partial charge in [-0.2, -0.15) is 5.10 Å². The largest absolute Gasteiger partial charge is 0.322 e. The molecule has 0 aliphatic carbocycles. The summed E-state index contributed by atoms with van der Waals surface area (Å²) in [5.41, 5.74) is 2.82. The molecule has 0 saturated carbocycles. The molecule has 0 spiro atoms. The van der Waals surface area contributed by atoms with Crippen LogP contribution in [0.15, 0.2) is 61.2 Å². The molecule has 26 heavy (non-hydrogen) atoms. The third-order valence-electron chi connectivity index (χ3n) is 4.30. The fourth-order valence-corrected chi connectivity index (χ4v) is 2.98. The summed E-state index contributed by atoms with van der Waals surface area (Å²) in [6.07, 6.45) is 4.49. The van der Waals surface area contributed by atoms with E-state index in [0.717, 1.165) is 17.8 Å². The van der Waals surface area contributed by atoms with Crippen LogP contribution in [0.2, 0.25) is 0 Å². The molecule has 0 radical (unpaired) electrons. The summed E-state index contributed by atoms with van der Waals surface area (Å²) in [5, 5.41) is 6.94. The molecule has 0 atom stereocenters. The molecular weight excluding hydrogens is 330 g/mol. The van der Waals surface area contributed by atoms with Crippen molar-refractivity contribution < 1.29 is 9.59 Å². The zero-order chi connectivity index (χ0) is 17.9. The summed E-state index contributed by atoms with van der Waals surface area (Å²) in [6.45, 7) is 0.702. The maximum Gasteiger partial charge on any atom is 0.255 e. The minimum Gasteiger partial charge on any atom is -0.322 e. The lowest BCUT2D eigenvalue weighted by Gasteiger charge is -2.16. The highest BCUT2D eigenvalue weighted by Crippen LogP contribution is 2.23. The summed E-state index contributed by atoms with van der Waals surface area (Å²) in [6, 6.07) is 14.5. The van der Waals surface area contributed by atoms with Crippen LogP contribution in [0.1, 0.15) is 23.2 Å². The van der Waals surface area contributed by atoms with Crippen molar-refractivity contribution >= 4 is 23.2 Å². The molecule has 7 heteroatoms. The zero-order valence-corrected chi connectivity index (χ0v) is 14.0. The van der Waals surface area contributed by atoms with E-state index in [2.05, 4.69) is 15.4 Å². The second kappa shape index (κ2) is 6.79. The van der Waals surface area contributed by atoms with Crippen molar-refractivity contribution in [1.82, 2.24) is 14.8 Å². The maximum atomic E-state index is 12.5. The van der Waals surface area contributed by atoms with Crippen LogP contribution in [-0.2, 0) is 4.79 Å². The molecule has 2 heterocycles. The first kappa shape index (κ1) is 16.0. The van der Waals surface area contributed by atoms with Crippen molar-refractivity contribution in [3.05, 3.63) is 66.7 Å². The van der Waals surface area contributed by atoms with Crippen LogP contribution >= 0.6 is 0 Å². The third kappa shape index (κ3) is 3.19. The average Bonchev–Trinajstić information content (AvgIpc) is 3.34. The minimum atomic E-state index is -0.216. The first-order valence-corrected chi connectivity index (χ1v) is 8.37. The number of rotatable bonds is 4. The van der Waals surface area contributed by atoms with Gasteiger partial charge >= 0.3 is 0 Å². The van der Waals surface area contributed by atoms with Crippen molar-refractivity contribution in [3.63, 3.8) is 0 Å². The number of nitrogens with one attached hydrogen (secondary N) is 1. The molecule has 1 saturated heterocycles. The van der Waals surface area contributed by atoms with Crippen LogP contribution in [0.3, 0.4) is 0 Å². The summed E-state index contributed by atoms with van der Waals surface area (Å²) < 4.78 is 1.64. The van der Waals surface area contributed by atoms with Gasteiger partial charge in [0.2, 0.25) is 5.91 Å². The molecule has 1 aliphatic heterocycles. The Morgan fingerprint density at radius 3 is 2.62 bits per heavy atom. The molecule has 2 aromatic carbocycles. The molecular formula is C19H17N5O2. The smallest absolute Gasteiger partial charge is 0.255 e. The van der Waals surface area contributed by atoms with E-state index < -0.39 is 0 Å². The lowest BCUT2D eigenvalue weighted by atomic mass is 10.1. The number of anilines is 2. The fourth-order valence-electron chi connectivity index (χ4n) is 2.98. The van der Waals surface area contributed by atoms with E-state index in [1.165, 1.54) is 6.33 Å². The van der Waals surface area contributed by atoms with E-state index in [4.69, 9.17) is 0 Å². The van der Waals surface area contributed by atoms with Gasteiger partial charge in [0, 0.05) is 29.9 Å². The summed E-state index contributed by atoms with van der Waals surface area (Å²) >= 11 is 0. The number of amides is 2. The van der Waals surface area contributed by atoms with Crippen LogP contribution in [0.25, 0.3) is 5.69 Å². The molecule has 0 unspecified atom stereocenters. The molecule has 1 fully saturated rings. The van der Waals surface area contributed by atoms with Crippen molar-refractivity contribution in [3.8, 4) is 5.69 Å². The number of hydrogen-bond acceptors (Lipinski definition) is 4. The highest BCUT2D eigenvalue weighted by molar-refractivity contribution is 6.05. The lowest BCUT2D eigenvalue weighted by molar-refractivity contribution is -0.117. The van der Waals surface area contributed by atoms with Gasteiger partial charge in [0.15, 0.2) is 0 Å². The predicted molar refractivity (Wildman–Crippen MR) is 97.3 cm³/mol. The molecule has 0 bridgehead atoms. The number of carbonyl (C=O) groups excluding carboxylic acids is 2. The Morgan fingerprint density at radius 1 is 1.08 bits per heavy atom. The Hall–Kier alpha value is -3.48. The number of aromatic nitrogens is 3. The second-order valence-electron chi connectivity index (χ2n) is 6.04. The number of hydrogen-bond donors (Lipinski definition) is 1. The van der Waals surface area contributed by atoms with Crippen LogP contribution in [0, 0.1) is 0 Å². The van der Waals surface area contributed by atoms with Gasteiger partial charge in [-0.25, -0.2) is 9.67 Å². The van der Waals surface area contributed by atoms with Gasteiger partial charge in [0.1, 0.15) is 12.7 Å². The quantitative estimate of drug-likeness (QED) is 0.787. The van der Waals surface area contributed by atoms with Crippen LogP contribution in [0.5, 0.6) is 0 Å². The van der Waals surface area contributed by atoms with Crippen molar-refractivity contribution in [2.24, 2.45) is 0 Å². The third-order valence-corrected chi connectivity index (χ3v) is 4.30. The Balaban J connectivity index is 1.49. The van der Waals surface area contributed by atoms with Gasteiger partial charge in [-0.05, 0) is 48.9 Å². The summed E-state index contributed by atoms with van der Waals surface area (Å²) in [7, 11) is 0. The van der Waals surface area contributed by atoms with Gasteiger partial charge < -0.3 is 10.2 Å². The molecule has 3 aromatic rings. The topological polar surface area (TPSA) is 80.1 Å². The standard InChI is InChI=1S/C19H17N5O2/c25-18-5-2-10-23(18)17-4-1-3-14(11-17)19(26)22-15-6-8-16(9-7-15)24-13-20-12-21-24/h1,3-4,6-9,11-13H,2,5,10H2,(H,22,26). The summed E-state index contributed by atoms with van der Waals surface area (Å²) in [4.78, 5) is 30.1. The molecule has 7 nitrogen and oxygen atoms in total. The molecule has 1 N–H and O–H groups in total. The van der Waals surface area contributed by atoms with E-state index in [1.54, 1.807) is 34.1 Å². The first-order chi connectivity index (χ1) is 12.7. The number of carbonyl (C=O) groups is 2. The van der Waals surface area contributed by atoms with Crippen LogP contribution < -0.4 is 10.2 Å². The van der Waals surface area contributed by atoms with Crippen molar-refractivity contribution in [1.29, 1.82) is 0 Å². The minimum absolute atomic E-state index is 0.103.